The van der Waals surface area contributed by atoms with Crippen molar-refractivity contribution >= 4 is 16.9 Å². The lowest BCUT2D eigenvalue weighted by molar-refractivity contribution is -0.165. The van der Waals surface area contributed by atoms with Crippen molar-refractivity contribution in [3.63, 3.8) is 0 Å². The molecular weight excluding hydrogens is 324 g/mol. The van der Waals surface area contributed by atoms with Crippen LogP contribution in [0, 0.1) is 0 Å². The van der Waals surface area contributed by atoms with Gasteiger partial charge in [0.1, 0.15) is 23.0 Å². The Morgan fingerprint density at radius 2 is 1.96 bits per heavy atom. The van der Waals surface area contributed by atoms with Crippen molar-refractivity contribution in [2.75, 3.05) is 0 Å². The van der Waals surface area contributed by atoms with E-state index in [1.807, 2.05) is 0 Å². The van der Waals surface area contributed by atoms with E-state index in [9.17, 15) is 14.7 Å². The van der Waals surface area contributed by atoms with Gasteiger partial charge in [0.2, 0.25) is 0 Å². The minimum atomic E-state index is -1.10. The van der Waals surface area contributed by atoms with Crippen LogP contribution in [0.3, 0.4) is 0 Å². The lowest BCUT2D eigenvalue weighted by Crippen LogP contribution is -2.45. The molecule has 2 atom stereocenters. The molecule has 0 spiro atoms. The van der Waals surface area contributed by atoms with Crippen LogP contribution in [0.15, 0.2) is 45.1 Å². The number of aliphatic hydroxyl groups excluding tert-OH is 1. The van der Waals surface area contributed by atoms with Crippen molar-refractivity contribution in [1.82, 2.24) is 0 Å². The fourth-order valence-electron chi connectivity index (χ4n) is 2.89. The molecule has 0 radical (unpaired) electrons. The Balaban J connectivity index is 1.98. The average Bonchev–Trinajstić information content (AvgIpc) is 2.91. The Bertz CT molecular complexity index is 921. The van der Waals surface area contributed by atoms with Gasteiger partial charge in [-0.25, -0.2) is 9.59 Å². The predicted octanol–water partition coefficient (Wildman–Crippen LogP) is 2.88. The van der Waals surface area contributed by atoms with Gasteiger partial charge >= 0.3 is 11.6 Å². The summed E-state index contributed by atoms with van der Waals surface area (Å²) in [6.07, 6.45) is -0.272. The van der Waals surface area contributed by atoms with Gasteiger partial charge in [-0.3, -0.25) is 0 Å². The number of ether oxygens (including phenoxy) is 2. The van der Waals surface area contributed by atoms with Gasteiger partial charge in [0.05, 0.1) is 5.56 Å². The number of hydrogen-bond donors (Lipinski definition) is 1. The van der Waals surface area contributed by atoms with Crippen LogP contribution >= 0.6 is 0 Å². The highest BCUT2D eigenvalue weighted by atomic mass is 16.6. The smallest absolute Gasteiger partial charge is 0.336 e. The van der Waals surface area contributed by atoms with Gasteiger partial charge in [0.15, 0.2) is 6.10 Å². The largest absolute Gasteiger partial charge is 0.483 e. The van der Waals surface area contributed by atoms with Crippen LogP contribution < -0.4 is 10.4 Å². The molecule has 6 nitrogen and oxygen atoms in total. The third-order valence-electron chi connectivity index (χ3n) is 4.42. The summed E-state index contributed by atoms with van der Waals surface area (Å²) in [4.78, 5) is 23.7. The molecule has 1 aliphatic rings. The highest BCUT2D eigenvalue weighted by Crippen LogP contribution is 2.45. The molecule has 1 aliphatic heterocycles. The van der Waals surface area contributed by atoms with Gasteiger partial charge in [0, 0.05) is 17.0 Å². The lowest BCUT2D eigenvalue weighted by atomic mass is 9.93. The number of carbonyl (C=O) groups is 1. The minimum absolute atomic E-state index is 0.284. The van der Waals surface area contributed by atoms with E-state index >= 15 is 0 Å². The third kappa shape index (κ3) is 2.93. The van der Waals surface area contributed by atoms with Crippen molar-refractivity contribution in [3.05, 3.63) is 51.9 Å². The molecule has 0 saturated carbocycles. The Hall–Kier alpha value is -2.60. The summed E-state index contributed by atoms with van der Waals surface area (Å²) in [5.74, 6) is -0.0677. The van der Waals surface area contributed by atoms with Crippen LogP contribution in [0.25, 0.3) is 11.0 Å². The summed E-state index contributed by atoms with van der Waals surface area (Å²) in [5, 5.41) is 11.5. The van der Waals surface area contributed by atoms with Crippen LogP contribution in [0.4, 0.5) is 0 Å². The minimum Gasteiger partial charge on any atom is -0.483 e. The van der Waals surface area contributed by atoms with Crippen molar-refractivity contribution < 1.29 is 23.8 Å². The second kappa shape index (κ2) is 6.04. The first-order chi connectivity index (χ1) is 11.7. The zero-order chi connectivity index (χ0) is 18.4. The summed E-state index contributed by atoms with van der Waals surface area (Å²) in [7, 11) is 0. The van der Waals surface area contributed by atoms with E-state index < -0.39 is 29.4 Å². The monoisotopic (exact) mass is 344 g/mol. The number of benzene rings is 1. The number of rotatable bonds is 3. The van der Waals surface area contributed by atoms with E-state index in [0.717, 1.165) is 0 Å². The predicted molar refractivity (Wildman–Crippen MR) is 91.5 cm³/mol. The number of carbonyl (C=O) groups excluding carboxylic acids is 1. The van der Waals surface area contributed by atoms with Crippen LogP contribution in [0.1, 0.15) is 39.4 Å². The molecule has 25 heavy (non-hydrogen) atoms. The van der Waals surface area contributed by atoms with Gasteiger partial charge in [-0.2, -0.15) is 0 Å². The maximum absolute atomic E-state index is 12.1. The molecule has 0 unspecified atom stereocenters. The summed E-state index contributed by atoms with van der Waals surface area (Å²) < 4.78 is 16.6. The maximum atomic E-state index is 12.1. The number of aliphatic hydroxyl groups is 1. The summed E-state index contributed by atoms with van der Waals surface area (Å²) in [6, 6.07) is 6.40. The van der Waals surface area contributed by atoms with E-state index in [-0.39, 0.29) is 5.58 Å². The molecule has 3 rings (SSSR count). The highest BCUT2D eigenvalue weighted by Gasteiger charge is 2.47. The number of fused-ring (bicyclic) bond motifs is 3. The molecule has 1 aromatic carbocycles. The summed E-state index contributed by atoms with van der Waals surface area (Å²) in [6.45, 7) is 6.74. The molecule has 0 bridgehead atoms. The summed E-state index contributed by atoms with van der Waals surface area (Å²) >= 11 is 0. The first-order valence-electron chi connectivity index (χ1n) is 8.02. The Morgan fingerprint density at radius 3 is 2.64 bits per heavy atom. The molecule has 2 aromatic rings. The third-order valence-corrected chi connectivity index (χ3v) is 4.42. The van der Waals surface area contributed by atoms with Crippen LogP contribution in [0.2, 0.25) is 0 Å². The van der Waals surface area contributed by atoms with Crippen LogP contribution in [0.5, 0.6) is 5.75 Å². The van der Waals surface area contributed by atoms with Crippen molar-refractivity contribution in [3.8, 4) is 5.75 Å². The average molecular weight is 344 g/mol. The molecule has 1 N–H and O–H groups in total. The number of hydrogen-bond acceptors (Lipinski definition) is 6. The fourth-order valence-corrected chi connectivity index (χ4v) is 2.89. The topological polar surface area (TPSA) is 86.0 Å². The van der Waals surface area contributed by atoms with Gasteiger partial charge in [-0.1, -0.05) is 6.08 Å². The quantitative estimate of drug-likeness (QED) is 0.523. The van der Waals surface area contributed by atoms with E-state index in [4.69, 9.17) is 13.9 Å². The first-order valence-corrected chi connectivity index (χ1v) is 8.02. The maximum Gasteiger partial charge on any atom is 0.336 e. The van der Waals surface area contributed by atoms with E-state index in [1.54, 1.807) is 52.0 Å². The molecule has 6 heteroatoms. The van der Waals surface area contributed by atoms with Crippen molar-refractivity contribution in [2.45, 2.75) is 45.5 Å². The molecule has 132 valence electrons. The molecule has 0 aliphatic carbocycles. The van der Waals surface area contributed by atoms with Crippen LogP contribution in [-0.2, 0) is 9.53 Å². The van der Waals surface area contributed by atoms with E-state index in [0.29, 0.717) is 22.3 Å². The van der Waals surface area contributed by atoms with Gasteiger partial charge < -0.3 is 19.0 Å². The Labute approximate surface area is 144 Å². The Kier molecular flexibility index (Phi) is 4.16. The normalized spacial score (nSPS) is 20.3. The highest BCUT2D eigenvalue weighted by molar-refractivity contribution is 5.88. The van der Waals surface area contributed by atoms with Crippen molar-refractivity contribution in [2.24, 2.45) is 0 Å². The second-order valence-electron chi connectivity index (χ2n) is 6.60. The fraction of sp³-hybridized carbons (Fsp3) is 0.368. The van der Waals surface area contributed by atoms with E-state index in [1.165, 1.54) is 6.07 Å². The van der Waals surface area contributed by atoms with Gasteiger partial charge in [0.25, 0.3) is 0 Å². The second-order valence-corrected chi connectivity index (χ2v) is 6.60. The van der Waals surface area contributed by atoms with Crippen LogP contribution in [-0.4, -0.2) is 22.8 Å². The van der Waals surface area contributed by atoms with Gasteiger partial charge in [-0.05, 0) is 45.9 Å². The molecule has 2 heterocycles. The SMILES string of the molecule is CC=C(C)C(=O)OC(C)(C)[C@H]1Oc2ccc3ccc(=O)oc3c2[C@@H]1O. The standard InChI is InChI=1S/C19H20O6/c1-5-10(2)18(22)25-19(3,4)17-15(21)14-12(23-17)8-6-11-7-9-13(20)24-16(11)14/h5-9,15,17,21H,1-4H3/t15-,17-/m0/s1. The zero-order valence-electron chi connectivity index (χ0n) is 14.5. The first kappa shape index (κ1) is 17.2. The molecule has 0 amide bonds. The van der Waals surface area contributed by atoms with E-state index in [2.05, 4.69) is 0 Å². The summed E-state index contributed by atoms with van der Waals surface area (Å²) in [5.41, 5.74) is -0.458. The molecule has 0 fully saturated rings. The molecular formula is C19H20O6. The zero-order valence-corrected chi connectivity index (χ0v) is 14.5. The van der Waals surface area contributed by atoms with Gasteiger partial charge in [-0.15, -0.1) is 0 Å². The number of esters is 1. The molecule has 1 aromatic heterocycles. The number of allylic oxidation sites excluding steroid dienone is 1. The lowest BCUT2D eigenvalue weighted by Gasteiger charge is -2.32. The van der Waals surface area contributed by atoms with Crippen molar-refractivity contribution in [1.29, 1.82) is 0 Å². The molecule has 0 saturated heterocycles. The Morgan fingerprint density at radius 1 is 1.28 bits per heavy atom.